The molecule has 0 saturated carbocycles. The smallest absolute Gasteiger partial charge is 0.129 e. The molecule has 1 N–H and O–H groups in total. The molecule has 1 aromatic carbocycles. The lowest BCUT2D eigenvalue weighted by atomic mass is 10.1. The van der Waals surface area contributed by atoms with Gasteiger partial charge in [-0.25, -0.2) is 4.98 Å². The third kappa shape index (κ3) is 2.87. The summed E-state index contributed by atoms with van der Waals surface area (Å²) in [5, 5.41) is 4.49. The Kier molecular flexibility index (Phi) is 4.36. The molecule has 0 bridgehead atoms. The fourth-order valence-corrected chi connectivity index (χ4v) is 3.01. The summed E-state index contributed by atoms with van der Waals surface area (Å²) in [5.41, 5.74) is 2.38. The number of nitrogens with one attached hydrogen (secondary N) is 1. The van der Waals surface area contributed by atoms with Crippen LogP contribution in [-0.2, 0) is 11.3 Å². The Morgan fingerprint density at radius 3 is 3.05 bits per heavy atom. The molecule has 1 aromatic heterocycles. The lowest BCUT2D eigenvalue weighted by molar-refractivity contribution is 0.0926. The number of anilines is 1. The van der Waals surface area contributed by atoms with Crippen LogP contribution >= 0.6 is 0 Å². The minimum absolute atomic E-state index is 0.426. The molecule has 0 radical (unpaired) electrons. The quantitative estimate of drug-likeness (QED) is 0.937. The summed E-state index contributed by atoms with van der Waals surface area (Å²) in [4.78, 5) is 7.28. The first-order valence-electron chi connectivity index (χ1n) is 7.71. The number of nitrogens with zero attached hydrogens (tertiary/aromatic N) is 2. The van der Waals surface area contributed by atoms with Crippen LogP contribution in [0.3, 0.4) is 0 Å². The third-order valence-electron chi connectivity index (χ3n) is 4.15. The second-order valence-corrected chi connectivity index (χ2v) is 5.52. The van der Waals surface area contributed by atoms with E-state index in [-0.39, 0.29) is 0 Å². The zero-order valence-electron chi connectivity index (χ0n) is 12.8. The molecule has 4 nitrogen and oxygen atoms in total. The minimum Gasteiger partial charge on any atom is -0.377 e. The van der Waals surface area contributed by atoms with Crippen LogP contribution in [0.15, 0.2) is 30.3 Å². The van der Waals surface area contributed by atoms with Gasteiger partial charge in [-0.1, -0.05) is 25.1 Å². The van der Waals surface area contributed by atoms with Crippen molar-refractivity contribution in [2.75, 3.05) is 31.7 Å². The van der Waals surface area contributed by atoms with Crippen LogP contribution in [0.2, 0.25) is 0 Å². The van der Waals surface area contributed by atoms with Crippen LogP contribution in [-0.4, -0.2) is 37.8 Å². The Balaban J connectivity index is 2.05. The molecule has 3 rings (SSSR count). The van der Waals surface area contributed by atoms with E-state index in [0.717, 1.165) is 44.1 Å². The van der Waals surface area contributed by atoms with Gasteiger partial charge in [0.15, 0.2) is 0 Å². The fraction of sp³-hybridized carbons (Fsp3) is 0.471. The summed E-state index contributed by atoms with van der Waals surface area (Å²) < 4.78 is 5.61. The van der Waals surface area contributed by atoms with E-state index in [1.165, 1.54) is 10.9 Å². The molecule has 0 aliphatic carbocycles. The minimum atomic E-state index is 0.426. The van der Waals surface area contributed by atoms with Crippen molar-refractivity contribution in [1.29, 1.82) is 0 Å². The van der Waals surface area contributed by atoms with Gasteiger partial charge in [0.05, 0.1) is 24.8 Å². The van der Waals surface area contributed by atoms with Gasteiger partial charge in [0.25, 0.3) is 0 Å². The number of pyridine rings is 1. The van der Waals surface area contributed by atoms with Gasteiger partial charge in [0.2, 0.25) is 0 Å². The predicted molar refractivity (Wildman–Crippen MR) is 86.8 cm³/mol. The van der Waals surface area contributed by atoms with Gasteiger partial charge in [0, 0.05) is 18.5 Å². The van der Waals surface area contributed by atoms with Crippen LogP contribution < -0.4 is 10.2 Å². The summed E-state index contributed by atoms with van der Waals surface area (Å²) in [6.07, 6.45) is 1.08. The van der Waals surface area contributed by atoms with Crippen molar-refractivity contribution >= 4 is 16.7 Å². The SMILES string of the molecule is CCC1COCCN1c1cc(CNC)c2ccccc2n1. The Bertz CT molecular complexity index is 614. The van der Waals surface area contributed by atoms with Gasteiger partial charge < -0.3 is 15.0 Å². The maximum Gasteiger partial charge on any atom is 0.129 e. The molecule has 0 amide bonds. The number of hydrogen-bond acceptors (Lipinski definition) is 4. The fourth-order valence-electron chi connectivity index (χ4n) is 3.01. The van der Waals surface area contributed by atoms with Gasteiger partial charge in [-0.2, -0.15) is 0 Å². The zero-order chi connectivity index (χ0) is 14.7. The molecule has 1 fully saturated rings. The van der Waals surface area contributed by atoms with Crippen LogP contribution in [0.5, 0.6) is 0 Å². The second-order valence-electron chi connectivity index (χ2n) is 5.52. The molecule has 1 aliphatic heterocycles. The number of hydrogen-bond donors (Lipinski definition) is 1. The average molecular weight is 285 g/mol. The zero-order valence-corrected chi connectivity index (χ0v) is 12.8. The average Bonchev–Trinajstić information content (AvgIpc) is 2.55. The maximum atomic E-state index is 5.61. The van der Waals surface area contributed by atoms with Crippen LogP contribution in [0.4, 0.5) is 5.82 Å². The highest BCUT2D eigenvalue weighted by Gasteiger charge is 2.23. The number of ether oxygens (including phenoxy) is 1. The molecule has 1 unspecified atom stereocenters. The topological polar surface area (TPSA) is 37.4 Å². The van der Waals surface area contributed by atoms with Gasteiger partial charge in [-0.15, -0.1) is 0 Å². The van der Waals surface area contributed by atoms with Gasteiger partial charge in [-0.05, 0) is 31.2 Å². The Morgan fingerprint density at radius 2 is 2.24 bits per heavy atom. The van der Waals surface area contributed by atoms with Crippen LogP contribution in [0.25, 0.3) is 10.9 Å². The molecule has 2 heterocycles. The first kappa shape index (κ1) is 14.3. The summed E-state index contributed by atoms with van der Waals surface area (Å²) in [6.45, 7) is 5.57. The van der Waals surface area contributed by atoms with Crippen molar-refractivity contribution in [1.82, 2.24) is 10.3 Å². The van der Waals surface area contributed by atoms with Crippen molar-refractivity contribution in [2.24, 2.45) is 0 Å². The highest BCUT2D eigenvalue weighted by Crippen LogP contribution is 2.26. The molecule has 4 heteroatoms. The summed E-state index contributed by atoms with van der Waals surface area (Å²) in [6, 6.07) is 11.0. The number of fused-ring (bicyclic) bond motifs is 1. The maximum absolute atomic E-state index is 5.61. The number of aromatic nitrogens is 1. The second kappa shape index (κ2) is 6.41. The van der Waals surface area contributed by atoms with Crippen molar-refractivity contribution in [3.8, 4) is 0 Å². The van der Waals surface area contributed by atoms with E-state index >= 15 is 0 Å². The van der Waals surface area contributed by atoms with Crippen LogP contribution in [0, 0.1) is 0 Å². The molecule has 21 heavy (non-hydrogen) atoms. The molecule has 1 atom stereocenters. The van der Waals surface area contributed by atoms with Crippen molar-refractivity contribution in [2.45, 2.75) is 25.9 Å². The standard InChI is InChI=1S/C17H23N3O/c1-3-14-12-21-9-8-20(14)17-10-13(11-18-2)15-6-4-5-7-16(15)19-17/h4-7,10,14,18H,3,8-9,11-12H2,1-2H3. The van der Waals surface area contributed by atoms with Crippen LogP contribution in [0.1, 0.15) is 18.9 Å². The van der Waals surface area contributed by atoms with Crippen molar-refractivity contribution < 1.29 is 4.74 Å². The summed E-state index contributed by atoms with van der Waals surface area (Å²) in [7, 11) is 1.98. The van der Waals surface area contributed by atoms with E-state index < -0.39 is 0 Å². The van der Waals surface area contributed by atoms with Gasteiger partial charge in [0.1, 0.15) is 5.82 Å². The van der Waals surface area contributed by atoms with E-state index in [4.69, 9.17) is 9.72 Å². The Labute approximate surface area is 126 Å². The number of rotatable bonds is 4. The van der Waals surface area contributed by atoms with E-state index in [9.17, 15) is 0 Å². The lowest BCUT2D eigenvalue weighted by Crippen LogP contribution is -2.45. The highest BCUT2D eigenvalue weighted by atomic mass is 16.5. The van der Waals surface area contributed by atoms with Gasteiger partial charge in [-0.3, -0.25) is 0 Å². The lowest BCUT2D eigenvalue weighted by Gasteiger charge is -2.36. The van der Waals surface area contributed by atoms with E-state index in [1.807, 2.05) is 7.05 Å². The number of benzene rings is 1. The van der Waals surface area contributed by atoms with E-state index in [1.54, 1.807) is 0 Å². The largest absolute Gasteiger partial charge is 0.377 e. The van der Waals surface area contributed by atoms with Crippen molar-refractivity contribution in [3.05, 3.63) is 35.9 Å². The Hall–Kier alpha value is -1.65. The summed E-state index contributed by atoms with van der Waals surface area (Å²) >= 11 is 0. The Morgan fingerprint density at radius 1 is 1.38 bits per heavy atom. The first-order valence-corrected chi connectivity index (χ1v) is 7.71. The van der Waals surface area contributed by atoms with Crippen molar-refractivity contribution in [3.63, 3.8) is 0 Å². The molecule has 1 saturated heterocycles. The molecular weight excluding hydrogens is 262 g/mol. The molecule has 1 aliphatic rings. The van der Waals surface area contributed by atoms with E-state index in [2.05, 4.69) is 47.5 Å². The molecule has 2 aromatic rings. The molecule has 0 spiro atoms. The molecular formula is C17H23N3O. The molecule has 112 valence electrons. The number of para-hydroxylation sites is 1. The predicted octanol–water partition coefficient (Wildman–Crippen LogP) is 2.57. The van der Waals surface area contributed by atoms with E-state index in [0.29, 0.717) is 6.04 Å². The highest BCUT2D eigenvalue weighted by molar-refractivity contribution is 5.84. The monoisotopic (exact) mass is 285 g/mol. The number of morpholine rings is 1. The summed E-state index contributed by atoms with van der Waals surface area (Å²) in [5.74, 6) is 1.08. The van der Waals surface area contributed by atoms with Gasteiger partial charge >= 0.3 is 0 Å². The first-order chi connectivity index (χ1) is 10.3. The normalized spacial score (nSPS) is 19.1. The third-order valence-corrected chi connectivity index (χ3v) is 4.15.